The highest BCUT2D eigenvalue weighted by Crippen LogP contribution is 2.30. The summed E-state index contributed by atoms with van der Waals surface area (Å²) >= 11 is 19.0. The van der Waals surface area contributed by atoms with Crippen molar-refractivity contribution in [2.75, 3.05) is 4.72 Å². The third-order valence-corrected chi connectivity index (χ3v) is 6.31. The van der Waals surface area contributed by atoms with E-state index in [0.717, 1.165) is 16.9 Å². The van der Waals surface area contributed by atoms with Crippen LogP contribution in [0.5, 0.6) is 0 Å². The molecule has 2 aromatic carbocycles. The lowest BCUT2D eigenvalue weighted by Crippen LogP contribution is -2.15. The molecule has 0 amide bonds. The van der Waals surface area contributed by atoms with Gasteiger partial charge in [-0.15, -0.1) is 10.2 Å². The largest absolute Gasteiger partial charge is 0.257 e. The minimum atomic E-state index is -3.74. The molecule has 0 aliphatic rings. The summed E-state index contributed by atoms with van der Waals surface area (Å²) in [4.78, 5) is 0. The van der Waals surface area contributed by atoms with Crippen LogP contribution < -0.4 is 4.72 Å². The van der Waals surface area contributed by atoms with E-state index in [1.54, 1.807) is 42.5 Å². The van der Waals surface area contributed by atoms with E-state index >= 15 is 0 Å². The Bertz CT molecular complexity index is 985. The van der Waals surface area contributed by atoms with Crippen LogP contribution in [0.2, 0.25) is 15.1 Å². The smallest absolute Gasteiger partial charge is 0.238 e. The highest BCUT2D eigenvalue weighted by Gasteiger charge is 2.19. The van der Waals surface area contributed by atoms with Crippen molar-refractivity contribution in [3.63, 3.8) is 0 Å². The Hall–Kier alpha value is -1.38. The maximum Gasteiger partial charge on any atom is 0.238 e. The Morgan fingerprint density at radius 2 is 1.60 bits per heavy atom. The predicted molar refractivity (Wildman–Crippen MR) is 103 cm³/mol. The molecule has 0 atom stereocenters. The molecule has 1 aromatic heterocycles. The van der Waals surface area contributed by atoms with Gasteiger partial charge in [-0.2, -0.15) is 0 Å². The van der Waals surface area contributed by atoms with Gasteiger partial charge in [0.25, 0.3) is 0 Å². The molecule has 0 aliphatic heterocycles. The minimum absolute atomic E-state index is 0.160. The second-order valence-corrected chi connectivity index (χ2v) is 8.93. The molecular formula is C15H10Cl3N3O2S2. The van der Waals surface area contributed by atoms with E-state index in [4.69, 9.17) is 34.8 Å². The third-order valence-electron chi connectivity index (χ3n) is 3.16. The van der Waals surface area contributed by atoms with E-state index in [-0.39, 0.29) is 20.9 Å². The molecule has 0 spiro atoms. The molecule has 0 radical (unpaired) electrons. The van der Waals surface area contributed by atoms with E-state index < -0.39 is 10.0 Å². The standard InChI is InChI=1S/C15H10Cl3N3O2S2/c16-10-6-4-9(5-7-10)14-19-20-15(24-14)21-25(22,23)8-11-12(17)2-1-3-13(11)18/h1-7H,8H2,(H,20,21). The molecule has 5 nitrogen and oxygen atoms in total. The van der Waals surface area contributed by atoms with Crippen LogP contribution in [-0.4, -0.2) is 18.6 Å². The highest BCUT2D eigenvalue weighted by molar-refractivity contribution is 7.92. The summed E-state index contributed by atoms with van der Waals surface area (Å²) in [5.41, 5.74) is 1.13. The van der Waals surface area contributed by atoms with Crippen molar-refractivity contribution in [3.05, 3.63) is 63.1 Å². The number of benzene rings is 2. The third kappa shape index (κ3) is 4.62. The van der Waals surface area contributed by atoms with E-state index in [1.165, 1.54) is 0 Å². The minimum Gasteiger partial charge on any atom is -0.257 e. The fraction of sp³-hybridized carbons (Fsp3) is 0.0667. The molecule has 0 fully saturated rings. The lowest BCUT2D eigenvalue weighted by molar-refractivity contribution is 0.600. The monoisotopic (exact) mass is 433 g/mol. The topological polar surface area (TPSA) is 72.0 Å². The molecule has 1 heterocycles. The second-order valence-electron chi connectivity index (χ2n) is 4.98. The zero-order valence-corrected chi connectivity index (χ0v) is 16.3. The van der Waals surface area contributed by atoms with Crippen LogP contribution in [0.15, 0.2) is 42.5 Å². The summed E-state index contributed by atoms with van der Waals surface area (Å²) in [5.74, 6) is -0.360. The molecule has 25 heavy (non-hydrogen) atoms. The maximum atomic E-state index is 12.4. The quantitative estimate of drug-likeness (QED) is 0.606. The fourth-order valence-electron chi connectivity index (χ4n) is 2.00. The fourth-order valence-corrected chi connectivity index (χ4v) is 5.04. The summed E-state index contributed by atoms with van der Waals surface area (Å²) in [7, 11) is -3.74. The summed E-state index contributed by atoms with van der Waals surface area (Å²) in [6.45, 7) is 0. The van der Waals surface area contributed by atoms with E-state index in [2.05, 4.69) is 14.9 Å². The summed E-state index contributed by atoms with van der Waals surface area (Å²) in [6.07, 6.45) is 0. The number of nitrogens with one attached hydrogen (secondary N) is 1. The van der Waals surface area contributed by atoms with Gasteiger partial charge in [0, 0.05) is 26.2 Å². The number of hydrogen-bond acceptors (Lipinski definition) is 5. The molecule has 0 saturated heterocycles. The summed E-state index contributed by atoms with van der Waals surface area (Å²) in [5, 5.41) is 9.77. The van der Waals surface area contributed by atoms with Gasteiger partial charge < -0.3 is 0 Å². The number of hydrogen-bond donors (Lipinski definition) is 1. The molecule has 1 N–H and O–H groups in total. The number of nitrogens with zero attached hydrogens (tertiary/aromatic N) is 2. The number of halogens is 3. The molecule has 130 valence electrons. The number of rotatable bonds is 5. The first-order valence-electron chi connectivity index (χ1n) is 6.87. The first-order chi connectivity index (χ1) is 11.8. The van der Waals surface area contributed by atoms with Gasteiger partial charge in [-0.1, -0.05) is 64.3 Å². The van der Waals surface area contributed by atoms with Crippen molar-refractivity contribution in [1.29, 1.82) is 0 Å². The van der Waals surface area contributed by atoms with E-state index in [1.807, 2.05) is 0 Å². The molecule has 3 rings (SSSR count). The highest BCUT2D eigenvalue weighted by atomic mass is 35.5. The molecule has 0 bridgehead atoms. The van der Waals surface area contributed by atoms with Gasteiger partial charge in [0.05, 0.1) is 5.75 Å². The van der Waals surface area contributed by atoms with Crippen LogP contribution in [0, 0.1) is 0 Å². The number of sulfonamides is 1. The van der Waals surface area contributed by atoms with Gasteiger partial charge in [0.15, 0.2) is 0 Å². The van der Waals surface area contributed by atoms with Crippen LogP contribution in [0.1, 0.15) is 5.56 Å². The van der Waals surface area contributed by atoms with Crippen LogP contribution in [-0.2, 0) is 15.8 Å². The zero-order valence-electron chi connectivity index (χ0n) is 12.4. The number of anilines is 1. The van der Waals surface area contributed by atoms with Crippen molar-refractivity contribution < 1.29 is 8.42 Å². The van der Waals surface area contributed by atoms with Gasteiger partial charge in [-0.05, 0) is 24.3 Å². The van der Waals surface area contributed by atoms with Crippen LogP contribution >= 0.6 is 46.1 Å². The van der Waals surface area contributed by atoms with Crippen molar-refractivity contribution in [1.82, 2.24) is 10.2 Å². The Kier molecular flexibility index (Phi) is 5.50. The normalized spacial score (nSPS) is 11.5. The van der Waals surface area contributed by atoms with Crippen LogP contribution in [0.4, 0.5) is 5.13 Å². The lowest BCUT2D eigenvalue weighted by atomic mass is 10.2. The van der Waals surface area contributed by atoms with Crippen molar-refractivity contribution in [2.45, 2.75) is 5.75 Å². The molecule has 10 heteroatoms. The van der Waals surface area contributed by atoms with Gasteiger partial charge in [0.2, 0.25) is 15.2 Å². The van der Waals surface area contributed by atoms with Gasteiger partial charge in [-0.25, -0.2) is 8.42 Å². The Morgan fingerprint density at radius 1 is 0.960 bits per heavy atom. The van der Waals surface area contributed by atoms with Crippen molar-refractivity contribution in [2.24, 2.45) is 0 Å². The van der Waals surface area contributed by atoms with E-state index in [9.17, 15) is 8.42 Å². The van der Waals surface area contributed by atoms with Crippen LogP contribution in [0.3, 0.4) is 0 Å². The summed E-state index contributed by atoms with van der Waals surface area (Å²) < 4.78 is 27.1. The zero-order chi connectivity index (χ0) is 18.0. The maximum absolute atomic E-state index is 12.4. The SMILES string of the molecule is O=S(=O)(Cc1c(Cl)cccc1Cl)Nc1nnc(-c2ccc(Cl)cc2)s1. The van der Waals surface area contributed by atoms with Crippen LogP contribution in [0.25, 0.3) is 10.6 Å². The molecule has 0 unspecified atom stereocenters. The molecule has 3 aromatic rings. The van der Waals surface area contributed by atoms with Gasteiger partial charge in [0.1, 0.15) is 5.01 Å². The first kappa shape index (κ1) is 18.4. The Morgan fingerprint density at radius 3 is 2.24 bits per heavy atom. The first-order valence-corrected chi connectivity index (χ1v) is 10.5. The molecular weight excluding hydrogens is 425 g/mol. The van der Waals surface area contributed by atoms with Crippen molar-refractivity contribution in [3.8, 4) is 10.6 Å². The summed E-state index contributed by atoms with van der Waals surface area (Å²) in [6, 6.07) is 11.8. The predicted octanol–water partition coefficient (Wildman–Crippen LogP) is 5.11. The second kappa shape index (κ2) is 7.47. The molecule has 0 aliphatic carbocycles. The van der Waals surface area contributed by atoms with Crippen molar-refractivity contribution >= 4 is 61.3 Å². The lowest BCUT2D eigenvalue weighted by Gasteiger charge is -2.08. The van der Waals surface area contributed by atoms with Gasteiger partial charge in [-0.3, -0.25) is 4.72 Å². The van der Waals surface area contributed by atoms with E-state index in [0.29, 0.717) is 15.6 Å². The Labute approximate surface area is 163 Å². The average molecular weight is 435 g/mol. The number of aromatic nitrogens is 2. The Balaban J connectivity index is 1.79. The van der Waals surface area contributed by atoms with Gasteiger partial charge >= 0.3 is 0 Å². The molecule has 0 saturated carbocycles. The average Bonchev–Trinajstić information content (AvgIpc) is 2.99.